The second-order valence-electron chi connectivity index (χ2n) is 12.7. The highest BCUT2D eigenvalue weighted by molar-refractivity contribution is 5.92. The van der Waals surface area contributed by atoms with E-state index in [1.165, 1.54) is 21.9 Å². The van der Waals surface area contributed by atoms with Crippen LogP contribution < -0.4 is 9.80 Å². The minimum absolute atomic E-state index is 1.12. The summed E-state index contributed by atoms with van der Waals surface area (Å²) in [6, 6.07) is 72.7. The van der Waals surface area contributed by atoms with Crippen LogP contribution in [-0.2, 0) is 0 Å². The van der Waals surface area contributed by atoms with Crippen LogP contribution in [0, 0.1) is 0 Å². The van der Waals surface area contributed by atoms with Gasteiger partial charge in [-0.15, -0.1) is 0 Å². The van der Waals surface area contributed by atoms with Crippen LogP contribution in [0.15, 0.2) is 206 Å². The summed E-state index contributed by atoms with van der Waals surface area (Å²) in [5, 5.41) is 2.45. The molecular formula is C50H38N2. The SMILES string of the molecule is C(=C\c1cc2ccccc2cc1/C=C/c1ccc(N(c2ccccc2)c2ccccc2)cc1)/c1ccc(N(c2ccccc2)c2ccccc2)cc1. The van der Waals surface area contributed by atoms with Gasteiger partial charge in [0.1, 0.15) is 0 Å². The molecule has 0 aliphatic heterocycles. The van der Waals surface area contributed by atoms with Crippen molar-refractivity contribution in [3.63, 3.8) is 0 Å². The number of para-hydroxylation sites is 4. The van der Waals surface area contributed by atoms with Gasteiger partial charge in [-0.2, -0.15) is 0 Å². The molecule has 8 rings (SSSR count). The number of rotatable bonds is 10. The van der Waals surface area contributed by atoms with Crippen molar-refractivity contribution in [2.75, 3.05) is 9.80 Å². The van der Waals surface area contributed by atoms with Crippen LogP contribution in [-0.4, -0.2) is 0 Å². The molecule has 2 heteroatoms. The molecule has 0 fully saturated rings. The molecule has 248 valence electrons. The summed E-state index contributed by atoms with van der Waals surface area (Å²) in [6.45, 7) is 0. The first-order chi connectivity index (χ1) is 25.8. The van der Waals surface area contributed by atoms with E-state index in [1.807, 2.05) is 0 Å². The summed E-state index contributed by atoms with van der Waals surface area (Å²) in [6.07, 6.45) is 8.87. The van der Waals surface area contributed by atoms with Crippen molar-refractivity contribution < 1.29 is 0 Å². The average molecular weight is 667 g/mol. The van der Waals surface area contributed by atoms with Crippen LogP contribution >= 0.6 is 0 Å². The van der Waals surface area contributed by atoms with E-state index >= 15 is 0 Å². The molecule has 0 bridgehead atoms. The minimum atomic E-state index is 1.12. The molecule has 0 N–H and O–H groups in total. The first kappa shape index (κ1) is 32.3. The molecule has 0 radical (unpaired) electrons. The Hall–Kier alpha value is -6.90. The normalized spacial score (nSPS) is 11.3. The first-order valence-corrected chi connectivity index (χ1v) is 17.7. The van der Waals surface area contributed by atoms with Gasteiger partial charge in [-0.1, -0.05) is 146 Å². The maximum Gasteiger partial charge on any atom is 0.0462 e. The third-order valence-corrected chi connectivity index (χ3v) is 9.22. The van der Waals surface area contributed by atoms with Gasteiger partial charge in [-0.25, -0.2) is 0 Å². The second kappa shape index (κ2) is 15.3. The van der Waals surface area contributed by atoms with Gasteiger partial charge in [0.05, 0.1) is 0 Å². The summed E-state index contributed by atoms with van der Waals surface area (Å²) in [7, 11) is 0. The molecular weight excluding hydrogens is 629 g/mol. The number of anilines is 6. The Morgan fingerprint density at radius 2 is 0.519 bits per heavy atom. The summed E-state index contributed by atoms with van der Waals surface area (Å²) in [5.74, 6) is 0. The maximum atomic E-state index is 2.28. The summed E-state index contributed by atoms with van der Waals surface area (Å²) < 4.78 is 0. The first-order valence-electron chi connectivity index (χ1n) is 17.7. The largest absolute Gasteiger partial charge is 0.311 e. The van der Waals surface area contributed by atoms with Gasteiger partial charge in [0.15, 0.2) is 0 Å². The van der Waals surface area contributed by atoms with Crippen molar-refractivity contribution in [1.29, 1.82) is 0 Å². The van der Waals surface area contributed by atoms with Crippen LogP contribution in [0.2, 0.25) is 0 Å². The molecule has 0 amide bonds. The van der Waals surface area contributed by atoms with E-state index in [2.05, 4.69) is 240 Å². The summed E-state index contributed by atoms with van der Waals surface area (Å²) in [4.78, 5) is 4.57. The standard InChI is InChI=1S/C50H38N2/c1-5-17-45(18-6-1)51(46-19-7-2-8-20-46)49-33-27-39(28-34-49)25-31-43-37-41-15-13-14-16-42(41)38-44(43)32-26-40-29-35-50(36-30-40)52(47-21-9-3-10-22-47)48-23-11-4-12-24-48/h1-38H/b31-25+,32-26+. The van der Waals surface area contributed by atoms with E-state index in [4.69, 9.17) is 0 Å². The van der Waals surface area contributed by atoms with Crippen molar-refractivity contribution in [2.24, 2.45) is 0 Å². The third-order valence-electron chi connectivity index (χ3n) is 9.22. The number of hydrogen-bond donors (Lipinski definition) is 0. The lowest BCUT2D eigenvalue weighted by molar-refractivity contribution is 1.28. The lowest BCUT2D eigenvalue weighted by Crippen LogP contribution is -2.09. The van der Waals surface area contributed by atoms with Crippen molar-refractivity contribution in [2.45, 2.75) is 0 Å². The highest BCUT2D eigenvalue weighted by Crippen LogP contribution is 2.36. The summed E-state index contributed by atoms with van der Waals surface area (Å²) in [5.41, 5.74) is 11.4. The van der Waals surface area contributed by atoms with Crippen LogP contribution in [0.1, 0.15) is 22.3 Å². The van der Waals surface area contributed by atoms with Gasteiger partial charge < -0.3 is 9.80 Å². The van der Waals surface area contributed by atoms with E-state index in [0.29, 0.717) is 0 Å². The Morgan fingerprint density at radius 1 is 0.250 bits per heavy atom. The van der Waals surface area contributed by atoms with Crippen molar-refractivity contribution in [1.82, 2.24) is 0 Å². The Morgan fingerprint density at radius 3 is 0.827 bits per heavy atom. The highest BCUT2D eigenvalue weighted by atomic mass is 15.1. The molecule has 0 spiro atoms. The molecule has 8 aromatic carbocycles. The quantitative estimate of drug-likeness (QED) is 0.134. The Balaban J connectivity index is 1.07. The van der Waals surface area contributed by atoms with Gasteiger partial charge in [0.2, 0.25) is 0 Å². The molecule has 0 unspecified atom stereocenters. The average Bonchev–Trinajstić information content (AvgIpc) is 3.22. The Bertz CT molecular complexity index is 2160. The van der Waals surface area contributed by atoms with E-state index in [1.54, 1.807) is 0 Å². The number of fused-ring (bicyclic) bond motifs is 1. The molecule has 0 saturated heterocycles. The van der Waals surface area contributed by atoms with Crippen LogP contribution in [0.5, 0.6) is 0 Å². The van der Waals surface area contributed by atoms with Gasteiger partial charge >= 0.3 is 0 Å². The van der Waals surface area contributed by atoms with E-state index in [-0.39, 0.29) is 0 Å². The van der Waals surface area contributed by atoms with Gasteiger partial charge in [0, 0.05) is 34.1 Å². The minimum Gasteiger partial charge on any atom is -0.311 e. The highest BCUT2D eigenvalue weighted by Gasteiger charge is 2.13. The fraction of sp³-hybridized carbons (Fsp3) is 0. The van der Waals surface area contributed by atoms with Crippen molar-refractivity contribution in [3.05, 3.63) is 229 Å². The lowest BCUT2D eigenvalue weighted by atomic mass is 9.99. The van der Waals surface area contributed by atoms with Gasteiger partial charge in [-0.05, 0) is 118 Å². The maximum absolute atomic E-state index is 2.28. The van der Waals surface area contributed by atoms with Crippen molar-refractivity contribution >= 4 is 69.2 Å². The zero-order valence-electron chi connectivity index (χ0n) is 28.8. The molecule has 52 heavy (non-hydrogen) atoms. The molecule has 0 aliphatic rings. The van der Waals surface area contributed by atoms with E-state index in [0.717, 1.165) is 45.3 Å². The Kier molecular flexibility index (Phi) is 9.53. The van der Waals surface area contributed by atoms with Gasteiger partial charge in [0.25, 0.3) is 0 Å². The molecule has 0 heterocycles. The molecule has 2 nitrogen and oxygen atoms in total. The molecule has 0 atom stereocenters. The number of benzene rings is 8. The summed E-state index contributed by atoms with van der Waals surface area (Å²) >= 11 is 0. The number of nitrogens with zero attached hydrogens (tertiary/aromatic N) is 2. The van der Waals surface area contributed by atoms with E-state index in [9.17, 15) is 0 Å². The fourth-order valence-corrected chi connectivity index (χ4v) is 6.61. The smallest absolute Gasteiger partial charge is 0.0462 e. The Labute approximate surface area is 306 Å². The molecule has 0 saturated carbocycles. The zero-order chi connectivity index (χ0) is 35.0. The topological polar surface area (TPSA) is 6.48 Å². The van der Waals surface area contributed by atoms with Crippen LogP contribution in [0.4, 0.5) is 34.1 Å². The number of hydrogen-bond acceptors (Lipinski definition) is 2. The second-order valence-corrected chi connectivity index (χ2v) is 12.7. The van der Waals surface area contributed by atoms with E-state index < -0.39 is 0 Å². The predicted octanol–water partition coefficient (Wildman–Crippen LogP) is 14.1. The molecule has 0 aromatic heterocycles. The molecule has 0 aliphatic carbocycles. The lowest BCUT2D eigenvalue weighted by Gasteiger charge is -2.25. The fourth-order valence-electron chi connectivity index (χ4n) is 6.61. The van der Waals surface area contributed by atoms with Crippen LogP contribution in [0.25, 0.3) is 35.1 Å². The predicted molar refractivity (Wildman–Crippen MR) is 224 cm³/mol. The van der Waals surface area contributed by atoms with Gasteiger partial charge in [-0.3, -0.25) is 0 Å². The third kappa shape index (κ3) is 7.33. The van der Waals surface area contributed by atoms with Crippen molar-refractivity contribution in [3.8, 4) is 0 Å². The van der Waals surface area contributed by atoms with Crippen LogP contribution in [0.3, 0.4) is 0 Å². The zero-order valence-corrected chi connectivity index (χ0v) is 28.8. The monoisotopic (exact) mass is 666 g/mol. The molecule has 8 aromatic rings.